The molecule has 0 bridgehead atoms. The second-order valence-corrected chi connectivity index (χ2v) is 4.72. The van der Waals surface area contributed by atoms with E-state index >= 15 is 0 Å². The zero-order chi connectivity index (χ0) is 11.0. The molecule has 78 valence electrons. The molecule has 1 heterocycles. The van der Waals surface area contributed by atoms with Crippen LogP contribution in [-0.4, -0.2) is 4.98 Å². The Balaban J connectivity index is 2.54. The number of anilines is 1. The number of aromatic nitrogens is 1. The standard InChI is InChI=1S/C10H8ClFN2S/c1-5-14-9(10(13)15-5)6-2-3-8(12)7(11)4-6/h2-4H,13H2,1H3. The van der Waals surface area contributed by atoms with Crippen LogP contribution in [0.1, 0.15) is 5.01 Å². The summed E-state index contributed by atoms with van der Waals surface area (Å²) in [6.07, 6.45) is 0. The number of rotatable bonds is 1. The maximum absolute atomic E-state index is 12.9. The van der Waals surface area contributed by atoms with Gasteiger partial charge in [0.15, 0.2) is 0 Å². The number of nitrogens with zero attached hydrogens (tertiary/aromatic N) is 1. The van der Waals surface area contributed by atoms with Gasteiger partial charge in [0.05, 0.1) is 10.0 Å². The molecule has 1 aromatic heterocycles. The first-order valence-electron chi connectivity index (χ1n) is 4.26. The normalized spacial score (nSPS) is 10.6. The van der Waals surface area contributed by atoms with Gasteiger partial charge in [-0.25, -0.2) is 9.37 Å². The number of hydrogen-bond donors (Lipinski definition) is 1. The fourth-order valence-electron chi connectivity index (χ4n) is 1.29. The first-order valence-corrected chi connectivity index (χ1v) is 5.45. The predicted octanol–water partition coefficient (Wildman–Crippen LogP) is 3.49. The SMILES string of the molecule is Cc1nc(-c2ccc(F)c(Cl)c2)c(N)s1. The Morgan fingerprint density at radius 3 is 2.73 bits per heavy atom. The molecule has 2 rings (SSSR count). The van der Waals surface area contributed by atoms with Gasteiger partial charge in [-0.05, 0) is 25.1 Å². The Morgan fingerprint density at radius 1 is 1.47 bits per heavy atom. The van der Waals surface area contributed by atoms with Gasteiger partial charge in [-0.15, -0.1) is 11.3 Å². The molecule has 15 heavy (non-hydrogen) atoms. The van der Waals surface area contributed by atoms with E-state index in [4.69, 9.17) is 17.3 Å². The molecule has 1 aromatic carbocycles. The quantitative estimate of drug-likeness (QED) is 0.831. The molecule has 2 N–H and O–H groups in total. The van der Waals surface area contributed by atoms with Gasteiger partial charge in [-0.2, -0.15) is 0 Å². The first-order chi connectivity index (χ1) is 7.08. The third-order valence-electron chi connectivity index (χ3n) is 1.95. The highest BCUT2D eigenvalue weighted by atomic mass is 35.5. The fourth-order valence-corrected chi connectivity index (χ4v) is 2.19. The molecule has 0 unspecified atom stereocenters. The van der Waals surface area contributed by atoms with Gasteiger partial charge >= 0.3 is 0 Å². The van der Waals surface area contributed by atoms with E-state index in [0.29, 0.717) is 10.7 Å². The largest absolute Gasteiger partial charge is 0.389 e. The molecule has 0 radical (unpaired) electrons. The summed E-state index contributed by atoms with van der Waals surface area (Å²) in [6.45, 7) is 1.87. The lowest BCUT2D eigenvalue weighted by atomic mass is 10.1. The summed E-state index contributed by atoms with van der Waals surface area (Å²) >= 11 is 7.09. The molecule has 2 aromatic rings. The second kappa shape index (κ2) is 3.79. The molecule has 0 saturated carbocycles. The number of benzene rings is 1. The van der Waals surface area contributed by atoms with Gasteiger partial charge in [0.2, 0.25) is 0 Å². The van der Waals surface area contributed by atoms with Crippen LogP contribution in [0.4, 0.5) is 9.39 Å². The van der Waals surface area contributed by atoms with E-state index in [-0.39, 0.29) is 5.02 Å². The molecule has 0 fully saturated rings. The lowest BCUT2D eigenvalue weighted by Gasteiger charge is -2.00. The number of thiazole rings is 1. The maximum Gasteiger partial charge on any atom is 0.141 e. The maximum atomic E-state index is 12.9. The number of halogens is 2. The van der Waals surface area contributed by atoms with Crippen molar-refractivity contribution >= 4 is 27.9 Å². The van der Waals surface area contributed by atoms with Crippen LogP contribution in [0.25, 0.3) is 11.3 Å². The van der Waals surface area contributed by atoms with Crippen LogP contribution in [0.15, 0.2) is 18.2 Å². The number of nitrogen functional groups attached to an aromatic ring is 1. The second-order valence-electron chi connectivity index (χ2n) is 3.07. The topological polar surface area (TPSA) is 38.9 Å². The summed E-state index contributed by atoms with van der Waals surface area (Å²) in [6, 6.07) is 4.46. The molecule has 0 aliphatic carbocycles. The van der Waals surface area contributed by atoms with Crippen LogP contribution in [0.3, 0.4) is 0 Å². The lowest BCUT2D eigenvalue weighted by Crippen LogP contribution is -1.87. The van der Waals surface area contributed by atoms with Crippen molar-refractivity contribution in [3.63, 3.8) is 0 Å². The van der Waals surface area contributed by atoms with Crippen LogP contribution < -0.4 is 5.73 Å². The summed E-state index contributed by atoms with van der Waals surface area (Å²) in [4.78, 5) is 4.26. The molecule has 0 aliphatic rings. The smallest absolute Gasteiger partial charge is 0.141 e. The summed E-state index contributed by atoms with van der Waals surface area (Å²) in [5.74, 6) is -0.439. The lowest BCUT2D eigenvalue weighted by molar-refractivity contribution is 0.628. The fraction of sp³-hybridized carbons (Fsp3) is 0.100. The Kier molecular flexibility index (Phi) is 2.63. The molecule has 0 saturated heterocycles. The molecule has 0 amide bonds. The van der Waals surface area contributed by atoms with E-state index in [1.165, 1.54) is 23.5 Å². The van der Waals surface area contributed by atoms with E-state index in [1.807, 2.05) is 6.92 Å². The van der Waals surface area contributed by atoms with Gasteiger partial charge in [0.25, 0.3) is 0 Å². The summed E-state index contributed by atoms with van der Waals surface area (Å²) < 4.78 is 12.9. The van der Waals surface area contributed by atoms with E-state index in [1.54, 1.807) is 6.07 Å². The van der Waals surface area contributed by atoms with Crippen molar-refractivity contribution in [1.82, 2.24) is 4.98 Å². The van der Waals surface area contributed by atoms with Crippen LogP contribution in [-0.2, 0) is 0 Å². The zero-order valence-electron chi connectivity index (χ0n) is 7.92. The van der Waals surface area contributed by atoms with Crippen LogP contribution in [0.2, 0.25) is 5.02 Å². The Hall–Kier alpha value is -1.13. The molecule has 0 aliphatic heterocycles. The zero-order valence-corrected chi connectivity index (χ0v) is 9.49. The van der Waals surface area contributed by atoms with E-state index in [9.17, 15) is 4.39 Å². The van der Waals surface area contributed by atoms with Gasteiger partial charge < -0.3 is 5.73 Å². The van der Waals surface area contributed by atoms with Crippen molar-refractivity contribution in [1.29, 1.82) is 0 Å². The molecule has 2 nitrogen and oxygen atoms in total. The van der Waals surface area contributed by atoms with Gasteiger partial charge in [0, 0.05) is 5.56 Å². The third-order valence-corrected chi connectivity index (χ3v) is 3.04. The van der Waals surface area contributed by atoms with Crippen LogP contribution >= 0.6 is 22.9 Å². The highest BCUT2D eigenvalue weighted by Gasteiger charge is 2.10. The highest BCUT2D eigenvalue weighted by molar-refractivity contribution is 7.16. The van der Waals surface area contributed by atoms with Crippen molar-refractivity contribution in [2.24, 2.45) is 0 Å². The molecule has 0 atom stereocenters. The summed E-state index contributed by atoms with van der Waals surface area (Å²) in [5.41, 5.74) is 7.19. The van der Waals surface area contributed by atoms with Crippen molar-refractivity contribution in [3.8, 4) is 11.3 Å². The van der Waals surface area contributed by atoms with Crippen molar-refractivity contribution in [2.45, 2.75) is 6.92 Å². The van der Waals surface area contributed by atoms with Gasteiger partial charge in [0.1, 0.15) is 16.5 Å². The minimum Gasteiger partial charge on any atom is -0.389 e. The third kappa shape index (κ3) is 1.96. The number of nitrogens with two attached hydrogens (primary N) is 1. The Labute approximate surface area is 95.5 Å². The van der Waals surface area contributed by atoms with E-state index < -0.39 is 5.82 Å². The van der Waals surface area contributed by atoms with Gasteiger partial charge in [-0.3, -0.25) is 0 Å². The number of hydrogen-bond acceptors (Lipinski definition) is 3. The van der Waals surface area contributed by atoms with Gasteiger partial charge in [-0.1, -0.05) is 11.6 Å². The first kappa shape index (κ1) is 10.4. The molecular weight excluding hydrogens is 235 g/mol. The molecular formula is C10H8ClFN2S. The average molecular weight is 243 g/mol. The Bertz CT molecular complexity index is 510. The molecule has 0 spiro atoms. The Morgan fingerprint density at radius 2 is 2.20 bits per heavy atom. The van der Waals surface area contributed by atoms with Crippen LogP contribution in [0, 0.1) is 12.7 Å². The number of aryl methyl sites for hydroxylation is 1. The average Bonchev–Trinajstić information content (AvgIpc) is 2.50. The monoisotopic (exact) mass is 242 g/mol. The molecule has 5 heteroatoms. The van der Waals surface area contributed by atoms with E-state index in [0.717, 1.165) is 10.6 Å². The van der Waals surface area contributed by atoms with E-state index in [2.05, 4.69) is 4.98 Å². The van der Waals surface area contributed by atoms with Crippen LogP contribution in [0.5, 0.6) is 0 Å². The summed E-state index contributed by atoms with van der Waals surface area (Å²) in [5, 5.41) is 1.58. The van der Waals surface area contributed by atoms with Crippen molar-refractivity contribution in [2.75, 3.05) is 5.73 Å². The summed E-state index contributed by atoms with van der Waals surface area (Å²) in [7, 11) is 0. The highest BCUT2D eigenvalue weighted by Crippen LogP contribution is 2.32. The van der Waals surface area contributed by atoms with Crippen molar-refractivity contribution < 1.29 is 4.39 Å². The minimum absolute atomic E-state index is 0.0811. The minimum atomic E-state index is -0.439. The van der Waals surface area contributed by atoms with Crippen molar-refractivity contribution in [3.05, 3.63) is 34.0 Å². The predicted molar refractivity (Wildman–Crippen MR) is 61.7 cm³/mol.